The van der Waals surface area contributed by atoms with Crippen LogP contribution < -0.4 is 4.74 Å². The summed E-state index contributed by atoms with van der Waals surface area (Å²) < 4.78 is 83.0. The van der Waals surface area contributed by atoms with Crippen LogP contribution in [0, 0.1) is 23.7 Å². The van der Waals surface area contributed by atoms with Crippen LogP contribution in [0.4, 0.5) is 13.2 Å². The molecule has 0 saturated heterocycles. The Morgan fingerprint density at radius 1 is 1.15 bits per heavy atom. The van der Waals surface area contributed by atoms with Crippen molar-refractivity contribution in [3.8, 4) is 5.75 Å². The monoisotopic (exact) mass is 488 g/mol. The van der Waals surface area contributed by atoms with E-state index < -0.39 is 51.5 Å². The fraction of sp³-hybridized carbons (Fsp3) is 0.609. The molecule has 1 aromatic rings. The average Bonchev–Trinajstić information content (AvgIpc) is 2.68. The normalized spacial score (nSPS) is 30.8. The SMILES string of the molecule is C=C(C)C1(Oc2cc(C(=O)OCCS(=O)(=O)O)ccc2C(F)(F)F)C2CC3CC(C2)CC1C3. The maximum absolute atomic E-state index is 13.8. The van der Waals surface area contributed by atoms with Gasteiger partial charge in [-0.05, 0) is 74.6 Å². The van der Waals surface area contributed by atoms with Crippen molar-refractivity contribution in [1.82, 2.24) is 0 Å². The molecule has 4 saturated carbocycles. The van der Waals surface area contributed by atoms with Crippen molar-refractivity contribution in [2.24, 2.45) is 23.7 Å². The van der Waals surface area contributed by atoms with Crippen LogP contribution in [0.2, 0.25) is 0 Å². The molecular weight excluding hydrogens is 461 g/mol. The maximum atomic E-state index is 13.8. The van der Waals surface area contributed by atoms with E-state index in [1.807, 2.05) is 0 Å². The first kappa shape index (κ1) is 24.1. The van der Waals surface area contributed by atoms with E-state index in [9.17, 15) is 26.4 Å². The second-order valence-electron chi connectivity index (χ2n) is 9.61. The smallest absolute Gasteiger partial charge is 0.419 e. The highest BCUT2D eigenvalue weighted by atomic mass is 32.2. The van der Waals surface area contributed by atoms with E-state index in [4.69, 9.17) is 14.0 Å². The molecule has 0 aliphatic heterocycles. The summed E-state index contributed by atoms with van der Waals surface area (Å²) in [6.45, 7) is 5.27. The Balaban J connectivity index is 1.67. The summed E-state index contributed by atoms with van der Waals surface area (Å²) in [6.07, 6.45) is 0.0111. The fourth-order valence-electron chi connectivity index (χ4n) is 6.31. The van der Waals surface area contributed by atoms with Crippen molar-refractivity contribution in [3.63, 3.8) is 0 Å². The minimum absolute atomic E-state index is 0.0673. The summed E-state index contributed by atoms with van der Waals surface area (Å²) in [4.78, 5) is 12.3. The molecule has 182 valence electrons. The lowest BCUT2D eigenvalue weighted by Crippen LogP contribution is -2.61. The second kappa shape index (κ2) is 8.30. The summed E-state index contributed by atoms with van der Waals surface area (Å²) in [5.74, 6) is -1.01. The molecule has 0 radical (unpaired) electrons. The summed E-state index contributed by atoms with van der Waals surface area (Å²) in [7, 11) is -4.34. The highest BCUT2D eigenvalue weighted by molar-refractivity contribution is 7.85. The lowest BCUT2D eigenvalue weighted by Gasteiger charge is -2.61. The standard InChI is InChI=1S/C23H27F3O6S/c1-13(2)22(17-8-14-7-15(10-17)11-18(22)9-14)32-20-12-16(3-4-19(20)23(24,25)26)21(27)31-5-6-33(28,29)30/h3-4,12,14-15,17-18H,1,5-11H2,2H3,(H,28,29,30). The molecular formula is C23H27F3O6S. The van der Waals surface area contributed by atoms with E-state index in [1.165, 1.54) is 0 Å². The molecule has 1 aromatic carbocycles. The fourth-order valence-corrected chi connectivity index (χ4v) is 6.60. The molecule has 4 fully saturated rings. The van der Waals surface area contributed by atoms with Crippen LogP contribution in [0.3, 0.4) is 0 Å². The van der Waals surface area contributed by atoms with Gasteiger partial charge in [-0.3, -0.25) is 4.55 Å². The number of hydrogen-bond donors (Lipinski definition) is 1. The maximum Gasteiger partial charge on any atom is 0.419 e. The Morgan fingerprint density at radius 3 is 2.21 bits per heavy atom. The minimum atomic E-state index is -4.70. The van der Waals surface area contributed by atoms with Crippen LogP contribution >= 0.6 is 0 Å². The first-order chi connectivity index (χ1) is 15.3. The van der Waals surface area contributed by atoms with Crippen molar-refractivity contribution in [3.05, 3.63) is 41.5 Å². The molecule has 0 amide bonds. The number of alkyl halides is 3. The largest absolute Gasteiger partial charge is 0.482 e. The van der Waals surface area contributed by atoms with Crippen LogP contribution in [0.5, 0.6) is 5.75 Å². The molecule has 0 spiro atoms. The zero-order chi connectivity index (χ0) is 24.2. The third kappa shape index (κ3) is 4.64. The number of esters is 1. The highest BCUT2D eigenvalue weighted by Gasteiger charge is 2.59. The zero-order valence-electron chi connectivity index (χ0n) is 18.2. The van der Waals surface area contributed by atoms with Crippen molar-refractivity contribution in [2.75, 3.05) is 12.4 Å². The van der Waals surface area contributed by atoms with E-state index in [0.29, 0.717) is 17.4 Å². The van der Waals surface area contributed by atoms with Gasteiger partial charge in [0.2, 0.25) is 0 Å². The highest BCUT2D eigenvalue weighted by Crippen LogP contribution is 2.61. The van der Waals surface area contributed by atoms with Crippen LogP contribution in [-0.4, -0.2) is 36.9 Å². The van der Waals surface area contributed by atoms with E-state index in [-0.39, 0.29) is 17.4 Å². The molecule has 10 heteroatoms. The molecule has 0 aromatic heterocycles. The Morgan fingerprint density at radius 2 is 1.73 bits per heavy atom. The number of halogens is 3. The van der Waals surface area contributed by atoms with Gasteiger partial charge in [0.25, 0.3) is 10.1 Å². The van der Waals surface area contributed by atoms with Gasteiger partial charge in [0, 0.05) is 11.8 Å². The first-order valence-corrected chi connectivity index (χ1v) is 12.6. The van der Waals surface area contributed by atoms with E-state index >= 15 is 0 Å². The third-order valence-electron chi connectivity index (χ3n) is 7.39. The average molecular weight is 489 g/mol. The zero-order valence-corrected chi connectivity index (χ0v) is 19.0. The van der Waals surface area contributed by atoms with Crippen LogP contribution in [0.15, 0.2) is 30.4 Å². The Bertz CT molecular complexity index is 1030. The number of ether oxygens (including phenoxy) is 2. The number of hydrogen-bond acceptors (Lipinski definition) is 5. The van der Waals surface area contributed by atoms with Gasteiger partial charge >= 0.3 is 12.1 Å². The van der Waals surface area contributed by atoms with E-state index in [2.05, 4.69) is 6.58 Å². The quantitative estimate of drug-likeness (QED) is 0.334. The van der Waals surface area contributed by atoms with Gasteiger partial charge in [0.05, 0.1) is 11.1 Å². The lowest BCUT2D eigenvalue weighted by molar-refractivity contribution is -0.151. The molecule has 0 atom stereocenters. The molecule has 1 N–H and O–H groups in total. The summed E-state index contributed by atoms with van der Waals surface area (Å²) >= 11 is 0. The Kier molecular flexibility index (Phi) is 6.05. The molecule has 4 aliphatic carbocycles. The van der Waals surface area contributed by atoms with Gasteiger partial charge in [0.1, 0.15) is 23.7 Å². The van der Waals surface area contributed by atoms with Gasteiger partial charge in [-0.2, -0.15) is 21.6 Å². The van der Waals surface area contributed by atoms with Crippen molar-refractivity contribution < 1.29 is 40.4 Å². The van der Waals surface area contributed by atoms with Crippen molar-refractivity contribution in [2.45, 2.75) is 50.8 Å². The minimum Gasteiger partial charge on any atom is -0.482 e. The third-order valence-corrected chi connectivity index (χ3v) is 8.08. The van der Waals surface area contributed by atoms with E-state index in [1.54, 1.807) is 6.92 Å². The van der Waals surface area contributed by atoms with Crippen LogP contribution in [0.25, 0.3) is 0 Å². The van der Waals surface area contributed by atoms with Crippen molar-refractivity contribution in [1.29, 1.82) is 0 Å². The number of benzene rings is 1. The first-order valence-electron chi connectivity index (χ1n) is 11.0. The predicted octanol–water partition coefficient (Wildman–Crippen LogP) is 4.90. The number of carbonyl (C=O) groups excluding carboxylic acids is 1. The van der Waals surface area contributed by atoms with Gasteiger partial charge in [-0.15, -0.1) is 0 Å². The summed E-state index contributed by atoms with van der Waals surface area (Å²) in [6, 6.07) is 2.75. The molecule has 0 heterocycles. The number of rotatable bonds is 7. The number of carbonyl (C=O) groups is 1. The molecule has 33 heavy (non-hydrogen) atoms. The Labute approximate surface area is 190 Å². The topological polar surface area (TPSA) is 89.9 Å². The molecule has 6 nitrogen and oxygen atoms in total. The van der Waals surface area contributed by atoms with E-state index in [0.717, 1.165) is 50.3 Å². The molecule has 5 rings (SSSR count). The summed E-state index contributed by atoms with van der Waals surface area (Å²) in [5, 5.41) is 0. The summed E-state index contributed by atoms with van der Waals surface area (Å²) in [5.41, 5.74) is -1.44. The van der Waals surface area contributed by atoms with Crippen LogP contribution in [0.1, 0.15) is 54.9 Å². The van der Waals surface area contributed by atoms with Gasteiger partial charge in [-0.1, -0.05) is 6.58 Å². The van der Waals surface area contributed by atoms with Gasteiger partial charge in [-0.25, -0.2) is 4.79 Å². The molecule has 4 bridgehead atoms. The predicted molar refractivity (Wildman–Crippen MR) is 113 cm³/mol. The molecule has 0 unspecified atom stereocenters. The Hall–Kier alpha value is -2.07. The van der Waals surface area contributed by atoms with Crippen LogP contribution in [-0.2, 0) is 21.0 Å². The van der Waals surface area contributed by atoms with Gasteiger partial charge in [0.15, 0.2) is 0 Å². The lowest BCUT2D eigenvalue weighted by atomic mass is 9.48. The second-order valence-corrected chi connectivity index (χ2v) is 11.2. The van der Waals surface area contributed by atoms with Crippen molar-refractivity contribution >= 4 is 16.1 Å². The molecule has 4 aliphatic rings. The van der Waals surface area contributed by atoms with Gasteiger partial charge < -0.3 is 9.47 Å².